The van der Waals surface area contributed by atoms with E-state index in [0.29, 0.717) is 0 Å². The van der Waals surface area contributed by atoms with Crippen LogP contribution in [0.1, 0.15) is 11.1 Å². The molecule has 2 aromatic rings. The first-order chi connectivity index (χ1) is 8.84. The average molecular weight is 241 g/mol. The highest BCUT2D eigenvalue weighted by atomic mass is 16.5. The number of aryl methyl sites for hydroxylation is 1. The van der Waals surface area contributed by atoms with E-state index >= 15 is 0 Å². The molecular weight excluding hydrogens is 222 g/mol. The summed E-state index contributed by atoms with van der Waals surface area (Å²) in [5.41, 5.74) is 2.79. The third kappa shape index (κ3) is 2.26. The molecule has 1 aliphatic rings. The average Bonchev–Trinajstić information content (AvgIpc) is 2.44. The smallest absolute Gasteiger partial charge is 0.0594 e. The Labute approximate surface area is 108 Å². The lowest BCUT2D eigenvalue weighted by atomic mass is 10.00. The van der Waals surface area contributed by atoms with Crippen molar-refractivity contribution in [1.82, 2.24) is 4.90 Å². The van der Waals surface area contributed by atoms with Crippen LogP contribution in [0.2, 0.25) is 0 Å². The summed E-state index contributed by atoms with van der Waals surface area (Å²) < 4.78 is 5.40. The summed E-state index contributed by atoms with van der Waals surface area (Å²) >= 11 is 0. The van der Waals surface area contributed by atoms with Crippen molar-refractivity contribution < 1.29 is 4.74 Å². The molecule has 94 valence electrons. The highest BCUT2D eigenvalue weighted by Gasteiger charge is 2.12. The van der Waals surface area contributed by atoms with Crippen molar-refractivity contribution in [3.05, 3.63) is 47.5 Å². The van der Waals surface area contributed by atoms with Gasteiger partial charge in [0.1, 0.15) is 0 Å². The van der Waals surface area contributed by atoms with Crippen LogP contribution in [0.5, 0.6) is 0 Å². The number of benzene rings is 2. The van der Waals surface area contributed by atoms with E-state index in [1.54, 1.807) is 0 Å². The Morgan fingerprint density at radius 1 is 1.00 bits per heavy atom. The molecule has 0 atom stereocenters. The van der Waals surface area contributed by atoms with Crippen molar-refractivity contribution in [2.24, 2.45) is 0 Å². The first-order valence-electron chi connectivity index (χ1n) is 6.62. The van der Waals surface area contributed by atoms with Gasteiger partial charge in [-0.3, -0.25) is 4.90 Å². The molecule has 0 saturated carbocycles. The van der Waals surface area contributed by atoms with Gasteiger partial charge in [0.05, 0.1) is 13.2 Å². The Morgan fingerprint density at radius 2 is 1.72 bits per heavy atom. The largest absolute Gasteiger partial charge is 0.379 e. The molecule has 1 saturated heterocycles. The minimum absolute atomic E-state index is 0.865. The molecule has 1 heterocycles. The van der Waals surface area contributed by atoms with Crippen molar-refractivity contribution >= 4 is 10.8 Å². The van der Waals surface area contributed by atoms with Crippen molar-refractivity contribution in [3.63, 3.8) is 0 Å². The fourth-order valence-corrected chi connectivity index (χ4v) is 2.65. The lowest BCUT2D eigenvalue weighted by molar-refractivity contribution is 0.0343. The second kappa shape index (κ2) is 5.09. The van der Waals surface area contributed by atoms with Gasteiger partial charge in [0, 0.05) is 19.6 Å². The number of rotatable bonds is 2. The predicted octanol–water partition coefficient (Wildman–Crippen LogP) is 2.98. The van der Waals surface area contributed by atoms with Gasteiger partial charge >= 0.3 is 0 Å². The van der Waals surface area contributed by atoms with Gasteiger partial charge < -0.3 is 4.74 Å². The normalized spacial score (nSPS) is 17.2. The van der Waals surface area contributed by atoms with E-state index in [-0.39, 0.29) is 0 Å². The maximum absolute atomic E-state index is 5.40. The summed E-state index contributed by atoms with van der Waals surface area (Å²) in [5.74, 6) is 0. The summed E-state index contributed by atoms with van der Waals surface area (Å²) in [4.78, 5) is 2.47. The van der Waals surface area contributed by atoms with Gasteiger partial charge in [-0.05, 0) is 28.8 Å². The minimum atomic E-state index is 0.865. The quantitative estimate of drug-likeness (QED) is 0.801. The van der Waals surface area contributed by atoms with E-state index in [2.05, 4.69) is 48.2 Å². The monoisotopic (exact) mass is 241 g/mol. The fourth-order valence-electron chi connectivity index (χ4n) is 2.65. The molecular formula is C16H19NO. The lowest BCUT2D eigenvalue weighted by Crippen LogP contribution is -2.35. The van der Waals surface area contributed by atoms with E-state index in [9.17, 15) is 0 Å². The fraction of sp³-hybridized carbons (Fsp3) is 0.375. The van der Waals surface area contributed by atoms with E-state index in [0.717, 1.165) is 32.8 Å². The molecule has 3 rings (SSSR count). The van der Waals surface area contributed by atoms with E-state index < -0.39 is 0 Å². The van der Waals surface area contributed by atoms with Crippen LogP contribution in [0.15, 0.2) is 36.4 Å². The molecule has 0 aliphatic carbocycles. The summed E-state index contributed by atoms with van der Waals surface area (Å²) in [5, 5.41) is 2.77. The Hall–Kier alpha value is -1.38. The van der Waals surface area contributed by atoms with Gasteiger partial charge in [0.2, 0.25) is 0 Å². The van der Waals surface area contributed by atoms with Crippen molar-refractivity contribution in [1.29, 1.82) is 0 Å². The molecule has 0 N–H and O–H groups in total. The van der Waals surface area contributed by atoms with Crippen LogP contribution in [0, 0.1) is 6.92 Å². The number of nitrogens with zero attached hydrogens (tertiary/aromatic N) is 1. The van der Waals surface area contributed by atoms with Crippen LogP contribution >= 0.6 is 0 Å². The zero-order valence-corrected chi connectivity index (χ0v) is 10.9. The molecule has 2 nitrogen and oxygen atoms in total. The van der Waals surface area contributed by atoms with Gasteiger partial charge in [-0.2, -0.15) is 0 Å². The first-order valence-corrected chi connectivity index (χ1v) is 6.62. The summed E-state index contributed by atoms with van der Waals surface area (Å²) in [6.45, 7) is 7.03. The van der Waals surface area contributed by atoms with E-state index in [4.69, 9.17) is 4.74 Å². The number of fused-ring (bicyclic) bond motifs is 1. The molecule has 0 bridgehead atoms. The van der Waals surface area contributed by atoms with Crippen molar-refractivity contribution in [2.75, 3.05) is 26.3 Å². The summed E-state index contributed by atoms with van der Waals surface area (Å²) in [6, 6.07) is 13.2. The molecule has 0 radical (unpaired) electrons. The molecule has 18 heavy (non-hydrogen) atoms. The minimum Gasteiger partial charge on any atom is -0.379 e. The summed E-state index contributed by atoms with van der Waals surface area (Å²) in [6.07, 6.45) is 0. The Kier molecular flexibility index (Phi) is 3.31. The highest BCUT2D eigenvalue weighted by Crippen LogP contribution is 2.23. The van der Waals surface area contributed by atoms with E-state index in [1.165, 1.54) is 21.9 Å². The van der Waals surface area contributed by atoms with Crippen molar-refractivity contribution in [3.8, 4) is 0 Å². The molecule has 0 amide bonds. The molecule has 0 spiro atoms. The molecule has 2 aromatic carbocycles. The number of hydrogen-bond donors (Lipinski definition) is 0. The Balaban J connectivity index is 1.94. The van der Waals surface area contributed by atoms with Gasteiger partial charge in [0.25, 0.3) is 0 Å². The zero-order chi connectivity index (χ0) is 12.4. The number of hydrogen-bond acceptors (Lipinski definition) is 2. The van der Waals surface area contributed by atoms with E-state index in [1.807, 2.05) is 0 Å². The molecule has 1 fully saturated rings. The van der Waals surface area contributed by atoms with Crippen LogP contribution < -0.4 is 0 Å². The van der Waals surface area contributed by atoms with Crippen molar-refractivity contribution in [2.45, 2.75) is 13.5 Å². The standard InChI is InChI=1S/C16H19NO/c1-13-6-7-14(12-17-8-10-18-11-9-17)16-5-3-2-4-15(13)16/h2-7H,8-12H2,1H3. The topological polar surface area (TPSA) is 12.5 Å². The third-order valence-corrected chi connectivity index (χ3v) is 3.73. The first kappa shape index (κ1) is 11.7. The second-order valence-corrected chi connectivity index (χ2v) is 4.98. The third-order valence-electron chi connectivity index (χ3n) is 3.73. The van der Waals surface area contributed by atoms with Crippen LogP contribution in [0.4, 0.5) is 0 Å². The maximum Gasteiger partial charge on any atom is 0.0594 e. The maximum atomic E-state index is 5.40. The van der Waals surface area contributed by atoms with Gasteiger partial charge in [-0.15, -0.1) is 0 Å². The number of morpholine rings is 1. The molecule has 1 aliphatic heterocycles. The number of ether oxygens (including phenoxy) is 1. The Bertz CT molecular complexity index is 544. The highest BCUT2D eigenvalue weighted by molar-refractivity contribution is 5.88. The second-order valence-electron chi connectivity index (χ2n) is 4.98. The zero-order valence-electron chi connectivity index (χ0n) is 10.9. The van der Waals surface area contributed by atoms with Crippen LogP contribution in [0.25, 0.3) is 10.8 Å². The lowest BCUT2D eigenvalue weighted by Gasteiger charge is -2.27. The van der Waals surface area contributed by atoms with Gasteiger partial charge in [-0.1, -0.05) is 36.4 Å². The van der Waals surface area contributed by atoms with Gasteiger partial charge in [0.15, 0.2) is 0 Å². The molecule has 0 unspecified atom stereocenters. The SMILES string of the molecule is Cc1ccc(CN2CCOCC2)c2ccccc12. The molecule has 0 aromatic heterocycles. The van der Waals surface area contributed by atoms with Crippen LogP contribution in [0.3, 0.4) is 0 Å². The van der Waals surface area contributed by atoms with Crippen LogP contribution in [-0.2, 0) is 11.3 Å². The predicted molar refractivity (Wildman–Crippen MR) is 74.8 cm³/mol. The summed E-state index contributed by atoms with van der Waals surface area (Å²) in [7, 11) is 0. The molecule has 2 heteroatoms. The van der Waals surface area contributed by atoms with Gasteiger partial charge in [-0.25, -0.2) is 0 Å². The van der Waals surface area contributed by atoms with Crippen LogP contribution in [-0.4, -0.2) is 31.2 Å². The Morgan fingerprint density at radius 3 is 2.50 bits per heavy atom.